The molecule has 0 amide bonds. The van der Waals surface area contributed by atoms with Crippen molar-refractivity contribution in [1.82, 2.24) is 19.8 Å². The lowest BCUT2D eigenvalue weighted by Gasteiger charge is -2.09. The molecule has 0 atom stereocenters. The quantitative estimate of drug-likeness (QED) is 0.394. The SMILES string of the molecule is O=S(=O)(Nc1ccc(-c2ccc3nnc(-c4cccs4)n3n2)cc1)c1cccc(Cl)c1. The van der Waals surface area contributed by atoms with E-state index in [0.717, 1.165) is 10.4 Å². The summed E-state index contributed by atoms with van der Waals surface area (Å²) in [6, 6.07) is 20.7. The maximum absolute atomic E-state index is 12.6. The first kappa shape index (κ1) is 19.7. The smallest absolute Gasteiger partial charge is 0.261 e. The summed E-state index contributed by atoms with van der Waals surface area (Å²) in [6.45, 7) is 0. The monoisotopic (exact) mass is 467 g/mol. The van der Waals surface area contributed by atoms with Crippen LogP contribution in [0.15, 0.2) is 83.1 Å². The maximum Gasteiger partial charge on any atom is 0.261 e. The van der Waals surface area contributed by atoms with Crippen molar-refractivity contribution in [3.05, 3.63) is 83.2 Å². The molecule has 154 valence electrons. The third-order valence-electron chi connectivity index (χ3n) is 4.54. The Labute approximate surface area is 187 Å². The molecule has 0 radical (unpaired) electrons. The van der Waals surface area contributed by atoms with Gasteiger partial charge in [0.15, 0.2) is 11.5 Å². The first-order chi connectivity index (χ1) is 15.0. The molecule has 5 rings (SSSR count). The van der Waals surface area contributed by atoms with Gasteiger partial charge < -0.3 is 0 Å². The van der Waals surface area contributed by atoms with Crippen LogP contribution >= 0.6 is 22.9 Å². The summed E-state index contributed by atoms with van der Waals surface area (Å²) < 4.78 is 29.4. The number of nitrogens with one attached hydrogen (secondary N) is 1. The molecular formula is C21H14ClN5O2S2. The Kier molecular flexibility index (Phi) is 4.93. The van der Waals surface area contributed by atoms with Gasteiger partial charge in [0.05, 0.1) is 15.5 Å². The molecule has 10 heteroatoms. The van der Waals surface area contributed by atoms with Gasteiger partial charge in [-0.2, -0.15) is 9.61 Å². The van der Waals surface area contributed by atoms with Gasteiger partial charge in [0.1, 0.15) is 0 Å². The van der Waals surface area contributed by atoms with E-state index in [1.807, 2.05) is 29.6 Å². The van der Waals surface area contributed by atoms with Crippen LogP contribution in [0.4, 0.5) is 5.69 Å². The van der Waals surface area contributed by atoms with Crippen LogP contribution in [0, 0.1) is 0 Å². The predicted octanol–water partition coefficient (Wildman–Crippen LogP) is 4.97. The van der Waals surface area contributed by atoms with Crippen molar-refractivity contribution >= 4 is 44.3 Å². The number of hydrogen-bond acceptors (Lipinski definition) is 6. The van der Waals surface area contributed by atoms with Crippen LogP contribution in [-0.2, 0) is 10.0 Å². The van der Waals surface area contributed by atoms with Crippen LogP contribution in [0.3, 0.4) is 0 Å². The second kappa shape index (κ2) is 7.77. The van der Waals surface area contributed by atoms with Gasteiger partial charge in [-0.25, -0.2) is 8.42 Å². The lowest BCUT2D eigenvalue weighted by atomic mass is 10.1. The first-order valence-electron chi connectivity index (χ1n) is 9.15. The molecule has 0 bridgehead atoms. The zero-order valence-electron chi connectivity index (χ0n) is 15.8. The van der Waals surface area contributed by atoms with Crippen LogP contribution in [0.2, 0.25) is 5.02 Å². The van der Waals surface area contributed by atoms with Gasteiger partial charge in [-0.05, 0) is 53.9 Å². The number of anilines is 1. The van der Waals surface area contributed by atoms with Crippen molar-refractivity contribution < 1.29 is 8.42 Å². The summed E-state index contributed by atoms with van der Waals surface area (Å²) in [5.74, 6) is 0.678. The fraction of sp³-hybridized carbons (Fsp3) is 0. The van der Waals surface area contributed by atoms with E-state index >= 15 is 0 Å². The number of thiophene rings is 1. The maximum atomic E-state index is 12.6. The minimum atomic E-state index is -3.73. The molecule has 5 aromatic rings. The summed E-state index contributed by atoms with van der Waals surface area (Å²) in [5, 5.41) is 15.4. The largest absolute Gasteiger partial charge is 0.280 e. The van der Waals surface area contributed by atoms with Crippen molar-refractivity contribution in [2.24, 2.45) is 0 Å². The lowest BCUT2D eigenvalue weighted by Crippen LogP contribution is -2.12. The first-order valence-corrected chi connectivity index (χ1v) is 11.9. The summed E-state index contributed by atoms with van der Waals surface area (Å²) >= 11 is 7.48. The van der Waals surface area contributed by atoms with E-state index in [-0.39, 0.29) is 4.90 Å². The van der Waals surface area contributed by atoms with E-state index in [1.54, 1.807) is 52.3 Å². The molecule has 0 aliphatic rings. The topological polar surface area (TPSA) is 89.2 Å². The van der Waals surface area contributed by atoms with E-state index in [9.17, 15) is 8.42 Å². The molecule has 3 heterocycles. The Balaban J connectivity index is 1.44. The van der Waals surface area contributed by atoms with Crippen molar-refractivity contribution in [3.8, 4) is 22.0 Å². The third kappa shape index (κ3) is 3.90. The molecule has 1 N–H and O–H groups in total. The number of hydrogen-bond donors (Lipinski definition) is 1. The van der Waals surface area contributed by atoms with Crippen LogP contribution in [-0.4, -0.2) is 28.2 Å². The molecule has 0 spiro atoms. The Bertz CT molecular complexity index is 1480. The Morgan fingerprint density at radius 3 is 2.52 bits per heavy atom. The third-order valence-corrected chi connectivity index (χ3v) is 7.02. The van der Waals surface area contributed by atoms with Gasteiger partial charge in [0.25, 0.3) is 10.0 Å². The summed E-state index contributed by atoms with van der Waals surface area (Å²) in [4.78, 5) is 1.08. The molecule has 31 heavy (non-hydrogen) atoms. The van der Waals surface area contributed by atoms with Gasteiger partial charge in [-0.15, -0.1) is 21.5 Å². The highest BCUT2D eigenvalue weighted by molar-refractivity contribution is 7.92. The van der Waals surface area contributed by atoms with Crippen LogP contribution in [0.1, 0.15) is 0 Å². The van der Waals surface area contributed by atoms with Gasteiger partial charge >= 0.3 is 0 Å². The van der Waals surface area contributed by atoms with Gasteiger partial charge in [0.2, 0.25) is 0 Å². The predicted molar refractivity (Wildman–Crippen MR) is 122 cm³/mol. The van der Waals surface area contributed by atoms with Gasteiger partial charge in [-0.3, -0.25) is 4.72 Å². The number of halogens is 1. The average Bonchev–Trinajstić information content (AvgIpc) is 3.43. The summed E-state index contributed by atoms with van der Waals surface area (Å²) in [7, 11) is -3.73. The molecule has 0 saturated heterocycles. The number of benzene rings is 2. The molecule has 0 saturated carbocycles. The van der Waals surface area contributed by atoms with Crippen LogP contribution in [0.25, 0.3) is 27.6 Å². The molecule has 0 unspecified atom stereocenters. The van der Waals surface area contributed by atoms with Gasteiger partial charge in [-0.1, -0.05) is 35.9 Å². The minimum absolute atomic E-state index is 0.102. The molecule has 3 aromatic heterocycles. The van der Waals surface area contributed by atoms with E-state index < -0.39 is 10.0 Å². The number of aromatic nitrogens is 4. The Hall–Kier alpha value is -3.27. The number of sulfonamides is 1. The zero-order valence-corrected chi connectivity index (χ0v) is 18.2. The van der Waals surface area contributed by atoms with Crippen molar-refractivity contribution in [2.75, 3.05) is 4.72 Å². The van der Waals surface area contributed by atoms with Crippen molar-refractivity contribution in [3.63, 3.8) is 0 Å². The number of rotatable bonds is 5. The second-order valence-corrected chi connectivity index (χ2v) is 9.70. The highest BCUT2D eigenvalue weighted by Crippen LogP contribution is 2.26. The van der Waals surface area contributed by atoms with E-state index in [0.29, 0.717) is 27.9 Å². The molecule has 0 aliphatic heterocycles. The molecule has 7 nitrogen and oxygen atoms in total. The summed E-state index contributed by atoms with van der Waals surface area (Å²) in [6.07, 6.45) is 0. The number of fused-ring (bicyclic) bond motifs is 1. The Morgan fingerprint density at radius 2 is 1.77 bits per heavy atom. The molecule has 2 aromatic carbocycles. The highest BCUT2D eigenvalue weighted by atomic mass is 35.5. The standard InChI is InChI=1S/C21H14ClN5O2S2/c22-15-3-1-4-17(13-15)31(28,29)26-16-8-6-14(7-9-16)18-10-11-20-23-24-21(27(20)25-18)19-5-2-12-30-19/h1-13,26H. The van der Waals surface area contributed by atoms with E-state index in [2.05, 4.69) is 20.0 Å². The molecule has 0 aliphatic carbocycles. The summed E-state index contributed by atoms with van der Waals surface area (Å²) in [5.41, 5.74) is 2.64. The average molecular weight is 468 g/mol. The molecule has 0 fully saturated rings. The highest BCUT2D eigenvalue weighted by Gasteiger charge is 2.15. The fourth-order valence-corrected chi connectivity index (χ4v) is 5.11. The van der Waals surface area contributed by atoms with Crippen molar-refractivity contribution in [1.29, 1.82) is 0 Å². The Morgan fingerprint density at radius 1 is 0.935 bits per heavy atom. The second-order valence-electron chi connectivity index (χ2n) is 6.63. The normalized spacial score (nSPS) is 11.6. The van der Waals surface area contributed by atoms with Gasteiger partial charge in [0, 0.05) is 16.3 Å². The zero-order chi connectivity index (χ0) is 21.4. The van der Waals surface area contributed by atoms with E-state index in [4.69, 9.17) is 11.6 Å². The van der Waals surface area contributed by atoms with Crippen LogP contribution < -0.4 is 4.72 Å². The fourth-order valence-electron chi connectivity index (χ4n) is 3.06. The van der Waals surface area contributed by atoms with Crippen molar-refractivity contribution in [2.45, 2.75) is 4.90 Å². The molecular weight excluding hydrogens is 454 g/mol. The van der Waals surface area contributed by atoms with E-state index in [1.165, 1.54) is 12.1 Å². The van der Waals surface area contributed by atoms with Crippen LogP contribution in [0.5, 0.6) is 0 Å². The minimum Gasteiger partial charge on any atom is -0.280 e. The lowest BCUT2D eigenvalue weighted by molar-refractivity contribution is 0.601. The number of nitrogens with zero attached hydrogens (tertiary/aromatic N) is 4.